The molecule has 1 amide bonds. The minimum atomic E-state index is -4.47. The van der Waals surface area contributed by atoms with Crippen LogP contribution in [0.5, 0.6) is 5.75 Å². The summed E-state index contributed by atoms with van der Waals surface area (Å²) in [5.74, 6) is -1.01. The Morgan fingerprint density at radius 3 is 2.20 bits per heavy atom. The van der Waals surface area contributed by atoms with Crippen molar-refractivity contribution in [3.05, 3.63) is 60.2 Å². The van der Waals surface area contributed by atoms with E-state index < -0.39 is 30.9 Å². The molecule has 3 aromatic rings. The molecule has 0 fully saturated rings. The Bertz CT molecular complexity index is 1340. The van der Waals surface area contributed by atoms with Crippen molar-refractivity contribution >= 4 is 77.8 Å². The van der Waals surface area contributed by atoms with E-state index in [1.807, 2.05) is 0 Å². The zero-order valence-corrected chi connectivity index (χ0v) is 16.6. The third-order valence-electron chi connectivity index (χ3n) is 3.97. The number of rotatable bonds is 5. The summed E-state index contributed by atoms with van der Waals surface area (Å²) >= 11 is 0. The van der Waals surface area contributed by atoms with Gasteiger partial charge >= 0.3 is 29.6 Å². The van der Waals surface area contributed by atoms with Crippen LogP contribution in [0.1, 0.15) is 10.4 Å². The van der Waals surface area contributed by atoms with Crippen LogP contribution < -0.4 is 10.0 Å². The number of phenols is 1. The Labute approximate surface area is 195 Å². The Balaban J connectivity index is 0.00000320. The number of benzene rings is 3. The molecule has 0 unspecified atom stereocenters. The van der Waals surface area contributed by atoms with Crippen LogP contribution in [0.25, 0.3) is 10.8 Å². The maximum absolute atomic E-state index is 12.4. The summed E-state index contributed by atoms with van der Waals surface area (Å²) in [5, 5.41) is 13.7. The van der Waals surface area contributed by atoms with Crippen molar-refractivity contribution in [2.45, 2.75) is 4.90 Å². The molecule has 0 atom stereocenters. The summed E-state index contributed by atoms with van der Waals surface area (Å²) in [6.45, 7) is 0. The number of phenolic OH excluding ortho intramolecular Hbond substituents is 1. The van der Waals surface area contributed by atoms with E-state index in [0.717, 1.165) is 18.4 Å². The first-order valence-corrected chi connectivity index (χ1v) is 11.4. The summed E-state index contributed by atoms with van der Waals surface area (Å²) in [6.07, 6.45) is 1.00. The fourth-order valence-corrected chi connectivity index (χ4v) is 3.83. The van der Waals surface area contributed by atoms with Gasteiger partial charge in [-0.05, 0) is 36.4 Å². The van der Waals surface area contributed by atoms with Crippen molar-refractivity contribution in [3.63, 3.8) is 0 Å². The van der Waals surface area contributed by atoms with Gasteiger partial charge in [0.15, 0.2) is 0 Å². The van der Waals surface area contributed by atoms with Crippen LogP contribution >= 0.6 is 0 Å². The van der Waals surface area contributed by atoms with Gasteiger partial charge in [0.05, 0.1) is 22.5 Å². The van der Waals surface area contributed by atoms with Crippen molar-refractivity contribution in [1.82, 2.24) is 0 Å². The van der Waals surface area contributed by atoms with Gasteiger partial charge in [0.2, 0.25) is 10.0 Å². The second-order valence-corrected chi connectivity index (χ2v) is 9.36. The summed E-state index contributed by atoms with van der Waals surface area (Å²) in [7, 11) is -8.01. The SMILES string of the molecule is CS(=O)(=O)Nc1cccc2c(O)c(NC(=O)c3cccc(S(=O)(=O)O)c3)ccc12.[NaH]. The van der Waals surface area contributed by atoms with Crippen molar-refractivity contribution in [3.8, 4) is 5.75 Å². The molecule has 3 aromatic carbocycles. The molecule has 4 N–H and O–H groups in total. The van der Waals surface area contributed by atoms with E-state index in [2.05, 4.69) is 10.0 Å². The molecular weight excluding hydrogens is 443 g/mol. The molecule has 3 rings (SSSR count). The van der Waals surface area contributed by atoms with E-state index in [4.69, 9.17) is 4.55 Å². The number of fused-ring (bicyclic) bond motifs is 1. The number of hydrogen-bond acceptors (Lipinski definition) is 6. The standard InChI is InChI=1S/C18H16N2O7S2.Na.H/c1-28(23,24)20-15-7-3-6-14-13(15)8-9-16(17(14)21)19-18(22)11-4-2-5-12(10-11)29(25,26)27;;/h2-10,20-21H,1H3,(H,19,22)(H,25,26,27);;. The normalized spacial score (nSPS) is 11.5. The molecule has 0 aliphatic carbocycles. The number of carbonyl (C=O) groups excluding carboxylic acids is 1. The first-order valence-electron chi connectivity index (χ1n) is 8.07. The van der Waals surface area contributed by atoms with Crippen LogP contribution in [-0.4, -0.2) is 68.2 Å². The Kier molecular flexibility index (Phi) is 7.17. The van der Waals surface area contributed by atoms with Gasteiger partial charge in [-0.2, -0.15) is 8.42 Å². The number of anilines is 2. The molecule has 0 saturated carbocycles. The second-order valence-electron chi connectivity index (χ2n) is 6.19. The topological polar surface area (TPSA) is 150 Å². The van der Waals surface area contributed by atoms with E-state index in [1.165, 1.54) is 36.4 Å². The summed E-state index contributed by atoms with van der Waals surface area (Å²) in [4.78, 5) is 12.0. The van der Waals surface area contributed by atoms with Crippen LogP contribution in [0.2, 0.25) is 0 Å². The van der Waals surface area contributed by atoms with E-state index in [9.17, 15) is 26.7 Å². The van der Waals surface area contributed by atoms with Crippen molar-refractivity contribution < 1.29 is 31.3 Å². The van der Waals surface area contributed by atoms with Gasteiger partial charge in [-0.1, -0.05) is 18.2 Å². The predicted molar refractivity (Wildman–Crippen MR) is 115 cm³/mol. The molecule has 0 aliphatic heterocycles. The molecular formula is C18H17N2NaO7S2. The molecule has 154 valence electrons. The quantitative estimate of drug-likeness (QED) is 0.257. The second kappa shape index (κ2) is 8.92. The van der Waals surface area contributed by atoms with Gasteiger partial charge in [-0.15, -0.1) is 0 Å². The molecule has 9 nitrogen and oxygen atoms in total. The fourth-order valence-electron chi connectivity index (χ4n) is 2.72. The number of hydrogen-bond donors (Lipinski definition) is 4. The van der Waals surface area contributed by atoms with Gasteiger partial charge in [-0.3, -0.25) is 14.1 Å². The number of nitrogens with one attached hydrogen (secondary N) is 2. The molecule has 12 heteroatoms. The van der Waals surface area contributed by atoms with Gasteiger partial charge in [0.25, 0.3) is 16.0 Å². The van der Waals surface area contributed by atoms with Crippen LogP contribution in [0, 0.1) is 0 Å². The van der Waals surface area contributed by atoms with Crippen LogP contribution in [-0.2, 0) is 20.1 Å². The van der Waals surface area contributed by atoms with E-state index in [1.54, 1.807) is 6.07 Å². The van der Waals surface area contributed by atoms with Gasteiger partial charge in [0.1, 0.15) is 5.75 Å². The van der Waals surface area contributed by atoms with Gasteiger partial charge in [0, 0.05) is 16.3 Å². The predicted octanol–water partition coefficient (Wildman–Crippen LogP) is 1.77. The summed E-state index contributed by atoms with van der Waals surface area (Å²) in [6, 6.07) is 12.3. The van der Waals surface area contributed by atoms with E-state index in [-0.39, 0.29) is 52.2 Å². The van der Waals surface area contributed by atoms with Crippen molar-refractivity contribution in [2.24, 2.45) is 0 Å². The van der Waals surface area contributed by atoms with Gasteiger partial charge < -0.3 is 10.4 Å². The Morgan fingerprint density at radius 2 is 1.57 bits per heavy atom. The average Bonchev–Trinajstić information content (AvgIpc) is 2.62. The molecule has 0 bridgehead atoms. The minimum absolute atomic E-state index is 0. The number of carbonyl (C=O) groups is 1. The monoisotopic (exact) mass is 460 g/mol. The average molecular weight is 460 g/mol. The maximum atomic E-state index is 12.4. The van der Waals surface area contributed by atoms with Crippen LogP contribution in [0.15, 0.2) is 59.5 Å². The Morgan fingerprint density at radius 1 is 0.900 bits per heavy atom. The first-order chi connectivity index (χ1) is 13.5. The third-order valence-corrected chi connectivity index (χ3v) is 5.41. The van der Waals surface area contributed by atoms with E-state index in [0.29, 0.717) is 10.8 Å². The molecule has 0 aliphatic rings. The first kappa shape index (κ1) is 24.1. The molecule has 0 saturated heterocycles. The summed E-state index contributed by atoms with van der Waals surface area (Å²) in [5.41, 5.74) is 0.252. The van der Waals surface area contributed by atoms with Gasteiger partial charge in [-0.25, -0.2) is 8.42 Å². The molecule has 0 radical (unpaired) electrons. The zero-order valence-electron chi connectivity index (χ0n) is 14.9. The molecule has 0 aromatic heterocycles. The fraction of sp³-hybridized carbons (Fsp3) is 0.0556. The molecule has 0 spiro atoms. The number of sulfonamides is 1. The molecule has 0 heterocycles. The summed E-state index contributed by atoms with van der Waals surface area (Å²) < 4.78 is 56.9. The van der Waals surface area contributed by atoms with Crippen molar-refractivity contribution in [1.29, 1.82) is 0 Å². The van der Waals surface area contributed by atoms with Crippen molar-refractivity contribution in [2.75, 3.05) is 16.3 Å². The third kappa shape index (κ3) is 5.50. The zero-order chi connectivity index (χ0) is 21.4. The van der Waals surface area contributed by atoms with Crippen LogP contribution in [0.4, 0.5) is 11.4 Å². The number of aromatic hydroxyl groups is 1. The van der Waals surface area contributed by atoms with Crippen LogP contribution in [0.3, 0.4) is 0 Å². The Hall–Kier alpha value is -2.15. The number of amides is 1. The molecule has 30 heavy (non-hydrogen) atoms. The van der Waals surface area contributed by atoms with E-state index >= 15 is 0 Å².